The number of anilines is 1. The first-order valence-electron chi connectivity index (χ1n) is 6.50. The SMILES string of the molecule is CN(C)CC1CCN(c2ncncc2CO)CC1. The van der Waals surface area contributed by atoms with E-state index in [4.69, 9.17) is 0 Å². The summed E-state index contributed by atoms with van der Waals surface area (Å²) in [4.78, 5) is 12.8. The number of hydrogen-bond acceptors (Lipinski definition) is 5. The fourth-order valence-electron chi connectivity index (χ4n) is 2.59. The molecule has 1 fully saturated rings. The van der Waals surface area contributed by atoms with Crippen LogP contribution in [0.3, 0.4) is 0 Å². The molecule has 1 aliphatic rings. The maximum Gasteiger partial charge on any atom is 0.137 e. The van der Waals surface area contributed by atoms with Crippen molar-refractivity contribution in [3.05, 3.63) is 18.1 Å². The van der Waals surface area contributed by atoms with E-state index in [1.807, 2.05) is 0 Å². The van der Waals surface area contributed by atoms with Gasteiger partial charge >= 0.3 is 0 Å². The van der Waals surface area contributed by atoms with Gasteiger partial charge in [-0.3, -0.25) is 0 Å². The van der Waals surface area contributed by atoms with Crippen molar-refractivity contribution in [1.82, 2.24) is 14.9 Å². The number of aromatic nitrogens is 2. The molecule has 0 radical (unpaired) electrons. The fourth-order valence-corrected chi connectivity index (χ4v) is 2.59. The lowest BCUT2D eigenvalue weighted by atomic mass is 9.96. The minimum Gasteiger partial charge on any atom is -0.391 e. The van der Waals surface area contributed by atoms with E-state index in [1.54, 1.807) is 12.5 Å². The third kappa shape index (κ3) is 3.17. The molecule has 0 bridgehead atoms. The molecule has 0 aromatic carbocycles. The highest BCUT2D eigenvalue weighted by Gasteiger charge is 2.22. The summed E-state index contributed by atoms with van der Waals surface area (Å²) in [7, 11) is 4.25. The van der Waals surface area contributed by atoms with Crippen LogP contribution in [0.4, 0.5) is 5.82 Å². The first-order chi connectivity index (χ1) is 8.70. The lowest BCUT2D eigenvalue weighted by molar-refractivity contribution is 0.276. The van der Waals surface area contributed by atoms with Gasteiger partial charge in [0.05, 0.1) is 6.61 Å². The molecular weight excluding hydrogens is 228 g/mol. The van der Waals surface area contributed by atoms with Crippen LogP contribution in [0.5, 0.6) is 0 Å². The first kappa shape index (κ1) is 13.2. The number of rotatable bonds is 4. The number of hydrogen-bond donors (Lipinski definition) is 1. The smallest absolute Gasteiger partial charge is 0.137 e. The van der Waals surface area contributed by atoms with Crippen molar-refractivity contribution >= 4 is 5.82 Å². The summed E-state index contributed by atoms with van der Waals surface area (Å²) >= 11 is 0. The van der Waals surface area contributed by atoms with Crippen LogP contribution in [0.2, 0.25) is 0 Å². The van der Waals surface area contributed by atoms with Gasteiger partial charge in [-0.15, -0.1) is 0 Å². The van der Waals surface area contributed by atoms with Gasteiger partial charge in [0.25, 0.3) is 0 Å². The molecule has 1 aromatic heterocycles. The van der Waals surface area contributed by atoms with Crippen LogP contribution in [-0.4, -0.2) is 53.7 Å². The monoisotopic (exact) mass is 250 g/mol. The summed E-state index contributed by atoms with van der Waals surface area (Å²) in [6, 6.07) is 0. The zero-order valence-electron chi connectivity index (χ0n) is 11.2. The average Bonchev–Trinajstić information content (AvgIpc) is 2.39. The number of aliphatic hydroxyl groups is 1. The van der Waals surface area contributed by atoms with Crippen molar-refractivity contribution in [3.8, 4) is 0 Å². The molecule has 0 atom stereocenters. The van der Waals surface area contributed by atoms with Gasteiger partial charge in [-0.1, -0.05) is 0 Å². The molecule has 0 saturated carbocycles. The summed E-state index contributed by atoms with van der Waals surface area (Å²) in [5, 5.41) is 9.31. The van der Waals surface area contributed by atoms with Crippen molar-refractivity contribution in [1.29, 1.82) is 0 Å². The second-order valence-electron chi connectivity index (χ2n) is 5.22. The Bertz CT molecular complexity index is 375. The Kier molecular flexibility index (Phi) is 4.49. The molecule has 0 spiro atoms. The molecule has 1 aliphatic heterocycles. The molecule has 0 aliphatic carbocycles. The summed E-state index contributed by atoms with van der Waals surface area (Å²) < 4.78 is 0. The molecule has 1 N–H and O–H groups in total. The van der Waals surface area contributed by atoms with Gasteiger partial charge in [-0.05, 0) is 32.9 Å². The fraction of sp³-hybridized carbons (Fsp3) is 0.692. The zero-order valence-corrected chi connectivity index (χ0v) is 11.2. The van der Waals surface area contributed by atoms with Crippen LogP contribution in [0.25, 0.3) is 0 Å². The van der Waals surface area contributed by atoms with E-state index in [-0.39, 0.29) is 6.61 Å². The van der Waals surface area contributed by atoms with Gasteiger partial charge in [0.2, 0.25) is 0 Å². The molecule has 100 valence electrons. The van der Waals surface area contributed by atoms with Crippen LogP contribution in [0, 0.1) is 5.92 Å². The van der Waals surface area contributed by atoms with E-state index in [1.165, 1.54) is 12.8 Å². The second-order valence-corrected chi connectivity index (χ2v) is 5.22. The highest BCUT2D eigenvalue weighted by molar-refractivity contribution is 5.45. The lowest BCUT2D eigenvalue weighted by Gasteiger charge is -2.34. The Morgan fingerprint density at radius 1 is 1.39 bits per heavy atom. The lowest BCUT2D eigenvalue weighted by Crippen LogP contribution is -2.38. The van der Waals surface area contributed by atoms with Gasteiger partial charge in [-0.2, -0.15) is 0 Å². The third-order valence-electron chi connectivity index (χ3n) is 3.47. The standard InChI is InChI=1S/C13H22N4O/c1-16(2)8-11-3-5-17(6-4-11)13-12(9-18)7-14-10-15-13/h7,10-11,18H,3-6,8-9H2,1-2H3. The summed E-state index contributed by atoms with van der Waals surface area (Å²) in [5.41, 5.74) is 0.823. The Labute approximate surface area is 108 Å². The largest absolute Gasteiger partial charge is 0.391 e. The van der Waals surface area contributed by atoms with Crippen molar-refractivity contribution in [2.45, 2.75) is 19.4 Å². The van der Waals surface area contributed by atoms with Crippen LogP contribution >= 0.6 is 0 Å². The van der Waals surface area contributed by atoms with Gasteiger partial charge in [-0.25, -0.2) is 9.97 Å². The maximum absolute atomic E-state index is 9.31. The maximum atomic E-state index is 9.31. The normalized spacial score (nSPS) is 17.4. The van der Waals surface area contributed by atoms with Crippen molar-refractivity contribution in [3.63, 3.8) is 0 Å². The van der Waals surface area contributed by atoms with E-state index in [0.717, 1.165) is 36.9 Å². The topological polar surface area (TPSA) is 52.5 Å². The third-order valence-corrected chi connectivity index (χ3v) is 3.47. The first-order valence-corrected chi connectivity index (χ1v) is 6.50. The molecule has 5 heteroatoms. The highest BCUT2D eigenvalue weighted by atomic mass is 16.3. The molecule has 2 rings (SSSR count). The van der Waals surface area contributed by atoms with Crippen LogP contribution < -0.4 is 4.90 Å². The van der Waals surface area contributed by atoms with E-state index < -0.39 is 0 Å². The summed E-state index contributed by atoms with van der Waals surface area (Å²) in [5.74, 6) is 1.67. The molecule has 1 saturated heterocycles. The van der Waals surface area contributed by atoms with E-state index in [2.05, 4.69) is 33.9 Å². The predicted molar refractivity (Wildman–Crippen MR) is 71.4 cm³/mol. The molecule has 0 amide bonds. The van der Waals surface area contributed by atoms with E-state index in [9.17, 15) is 5.11 Å². The Morgan fingerprint density at radius 3 is 2.72 bits per heavy atom. The Hall–Kier alpha value is -1.20. The second kappa shape index (κ2) is 6.11. The van der Waals surface area contributed by atoms with Gasteiger partial charge in [0.1, 0.15) is 12.1 Å². The van der Waals surface area contributed by atoms with Gasteiger partial charge < -0.3 is 14.9 Å². The molecule has 0 unspecified atom stereocenters. The Balaban J connectivity index is 1.97. The van der Waals surface area contributed by atoms with Crippen molar-refractivity contribution in [2.75, 3.05) is 38.6 Å². The van der Waals surface area contributed by atoms with Crippen LogP contribution in [-0.2, 0) is 6.61 Å². The average molecular weight is 250 g/mol. The van der Waals surface area contributed by atoms with Crippen LogP contribution in [0.15, 0.2) is 12.5 Å². The summed E-state index contributed by atoms with van der Waals surface area (Å²) in [6.07, 6.45) is 5.63. The number of piperidine rings is 1. The minimum atomic E-state index is 0.00774. The van der Waals surface area contributed by atoms with E-state index >= 15 is 0 Å². The van der Waals surface area contributed by atoms with Crippen LogP contribution in [0.1, 0.15) is 18.4 Å². The Morgan fingerprint density at radius 2 is 2.11 bits per heavy atom. The number of aliphatic hydroxyl groups excluding tert-OH is 1. The minimum absolute atomic E-state index is 0.00774. The van der Waals surface area contributed by atoms with Crippen molar-refractivity contribution < 1.29 is 5.11 Å². The molecule has 1 aromatic rings. The molecule has 5 nitrogen and oxygen atoms in total. The number of nitrogens with zero attached hydrogens (tertiary/aromatic N) is 4. The predicted octanol–water partition coefficient (Wildman–Crippen LogP) is 0.747. The van der Waals surface area contributed by atoms with Crippen molar-refractivity contribution in [2.24, 2.45) is 5.92 Å². The quantitative estimate of drug-likeness (QED) is 0.854. The van der Waals surface area contributed by atoms with E-state index in [0.29, 0.717) is 0 Å². The van der Waals surface area contributed by atoms with Gasteiger partial charge in [0.15, 0.2) is 0 Å². The molecule has 2 heterocycles. The highest BCUT2D eigenvalue weighted by Crippen LogP contribution is 2.24. The van der Waals surface area contributed by atoms with Gasteiger partial charge in [0, 0.05) is 31.4 Å². The zero-order chi connectivity index (χ0) is 13.0. The summed E-state index contributed by atoms with van der Waals surface area (Å²) in [6.45, 7) is 3.20. The molecular formula is C13H22N4O. The molecule has 18 heavy (non-hydrogen) atoms.